The molecule has 3 rings (SSSR count). The van der Waals surface area contributed by atoms with Gasteiger partial charge in [-0.3, -0.25) is 10.1 Å². The summed E-state index contributed by atoms with van der Waals surface area (Å²) in [6.45, 7) is 1.47. The van der Waals surface area contributed by atoms with Gasteiger partial charge in [-0.05, 0) is 60.0 Å². The predicted molar refractivity (Wildman–Crippen MR) is 117 cm³/mol. The van der Waals surface area contributed by atoms with Crippen molar-refractivity contribution in [3.63, 3.8) is 0 Å². The Kier molecular flexibility index (Phi) is 7.81. The van der Waals surface area contributed by atoms with E-state index in [1.54, 1.807) is 37.4 Å². The molecule has 6 nitrogen and oxygen atoms in total. The highest BCUT2D eigenvalue weighted by molar-refractivity contribution is 6.31. The summed E-state index contributed by atoms with van der Waals surface area (Å²) in [5.74, 6) is 0.786. The van der Waals surface area contributed by atoms with Crippen molar-refractivity contribution in [2.45, 2.75) is 19.6 Å². The fraction of sp³-hybridized carbons (Fsp3) is 0.217. The van der Waals surface area contributed by atoms with Gasteiger partial charge in [0, 0.05) is 29.8 Å². The van der Waals surface area contributed by atoms with Crippen LogP contribution < -0.4 is 14.8 Å². The maximum atomic E-state index is 13.0. The number of nitro benzene ring substituents is 1. The fourth-order valence-corrected chi connectivity index (χ4v) is 3.19. The average molecular weight is 445 g/mol. The van der Waals surface area contributed by atoms with Crippen molar-refractivity contribution in [2.75, 3.05) is 13.7 Å². The predicted octanol–water partition coefficient (Wildman–Crippen LogP) is 5.31. The van der Waals surface area contributed by atoms with Crippen LogP contribution in [0.3, 0.4) is 0 Å². The van der Waals surface area contributed by atoms with Crippen LogP contribution >= 0.6 is 11.6 Å². The minimum absolute atomic E-state index is 0.0284. The second kappa shape index (κ2) is 10.7. The van der Waals surface area contributed by atoms with Gasteiger partial charge in [0.1, 0.15) is 12.4 Å². The molecule has 3 aromatic carbocycles. The highest BCUT2D eigenvalue weighted by Gasteiger charge is 2.12. The molecule has 0 heterocycles. The summed E-state index contributed by atoms with van der Waals surface area (Å²) in [5, 5.41) is 14.6. The summed E-state index contributed by atoms with van der Waals surface area (Å²) in [5.41, 5.74) is 2.73. The van der Waals surface area contributed by atoms with Gasteiger partial charge < -0.3 is 14.8 Å². The van der Waals surface area contributed by atoms with Gasteiger partial charge in [0.2, 0.25) is 0 Å². The molecule has 3 aromatic rings. The third kappa shape index (κ3) is 6.41. The van der Waals surface area contributed by atoms with Crippen molar-refractivity contribution in [1.82, 2.24) is 5.32 Å². The van der Waals surface area contributed by atoms with Crippen LogP contribution in [0.25, 0.3) is 0 Å². The van der Waals surface area contributed by atoms with Crippen molar-refractivity contribution < 1.29 is 18.8 Å². The molecule has 0 amide bonds. The summed E-state index contributed by atoms with van der Waals surface area (Å²) in [7, 11) is 1.55. The van der Waals surface area contributed by atoms with Crippen LogP contribution in [0, 0.1) is 15.9 Å². The number of nitro groups is 1. The molecular weight excluding hydrogens is 423 g/mol. The van der Waals surface area contributed by atoms with E-state index < -0.39 is 4.92 Å². The molecule has 31 heavy (non-hydrogen) atoms. The molecule has 8 heteroatoms. The molecule has 162 valence electrons. The zero-order valence-electron chi connectivity index (χ0n) is 16.9. The SMILES string of the molecule is COc1cc(CNCCc2ccc(F)cc2)c(Cl)cc1OCc1ccc([N+](=O)[O-])cc1. The van der Waals surface area contributed by atoms with Crippen LogP contribution in [0.5, 0.6) is 11.5 Å². The Balaban J connectivity index is 1.57. The number of hydrogen-bond acceptors (Lipinski definition) is 5. The number of ether oxygens (including phenoxy) is 2. The molecule has 1 N–H and O–H groups in total. The molecule has 0 bridgehead atoms. The Morgan fingerprint density at radius 3 is 2.35 bits per heavy atom. The number of halogens is 2. The van der Waals surface area contributed by atoms with Crippen molar-refractivity contribution >= 4 is 17.3 Å². The lowest BCUT2D eigenvalue weighted by atomic mass is 10.1. The maximum Gasteiger partial charge on any atom is 0.269 e. The van der Waals surface area contributed by atoms with E-state index in [4.69, 9.17) is 21.1 Å². The second-order valence-electron chi connectivity index (χ2n) is 6.86. The summed E-state index contributed by atoms with van der Waals surface area (Å²) >= 11 is 6.42. The van der Waals surface area contributed by atoms with Crippen LogP contribution in [0.1, 0.15) is 16.7 Å². The van der Waals surface area contributed by atoms with Crippen LogP contribution in [0.15, 0.2) is 60.7 Å². The molecule has 0 unspecified atom stereocenters. The van der Waals surface area contributed by atoms with Gasteiger partial charge in [-0.15, -0.1) is 0 Å². The van der Waals surface area contributed by atoms with Crippen molar-refractivity contribution in [1.29, 1.82) is 0 Å². The van der Waals surface area contributed by atoms with E-state index in [2.05, 4.69) is 5.32 Å². The van der Waals surface area contributed by atoms with E-state index in [0.29, 0.717) is 29.6 Å². The zero-order valence-corrected chi connectivity index (χ0v) is 17.7. The van der Waals surface area contributed by atoms with Crippen molar-refractivity contribution in [2.24, 2.45) is 0 Å². The molecule has 0 saturated carbocycles. The Morgan fingerprint density at radius 2 is 1.71 bits per heavy atom. The molecule has 0 atom stereocenters. The van der Waals surface area contributed by atoms with Crippen LogP contribution in [0.4, 0.5) is 10.1 Å². The number of nitrogens with one attached hydrogen (secondary N) is 1. The van der Waals surface area contributed by atoms with Gasteiger partial charge >= 0.3 is 0 Å². The Bertz CT molecular complexity index is 1030. The fourth-order valence-electron chi connectivity index (χ4n) is 2.97. The standard InChI is InChI=1S/C23H22ClFN2O4/c1-30-22-12-18(14-26-11-10-16-2-6-19(25)7-3-16)21(24)13-23(22)31-15-17-4-8-20(9-5-17)27(28)29/h2-9,12-13,26H,10-11,14-15H2,1H3. The van der Waals surface area contributed by atoms with Crippen molar-refractivity contribution in [3.8, 4) is 11.5 Å². The molecule has 0 fully saturated rings. The number of rotatable bonds is 10. The first-order valence-corrected chi connectivity index (χ1v) is 10.0. The van der Waals surface area contributed by atoms with Crippen LogP contribution in [0.2, 0.25) is 5.02 Å². The largest absolute Gasteiger partial charge is 0.493 e. The summed E-state index contributed by atoms with van der Waals surface area (Å²) in [4.78, 5) is 10.3. The smallest absolute Gasteiger partial charge is 0.269 e. The maximum absolute atomic E-state index is 13.0. The Labute approximate surface area is 184 Å². The molecule has 0 aromatic heterocycles. The molecule has 0 aliphatic heterocycles. The summed E-state index contributed by atoms with van der Waals surface area (Å²) in [6, 6.07) is 16.1. The Morgan fingerprint density at radius 1 is 1.03 bits per heavy atom. The van der Waals surface area contributed by atoms with E-state index in [1.807, 2.05) is 6.07 Å². The van der Waals surface area contributed by atoms with Gasteiger partial charge in [-0.2, -0.15) is 0 Å². The number of methoxy groups -OCH3 is 1. The highest BCUT2D eigenvalue weighted by Crippen LogP contribution is 2.34. The number of nitrogens with zero attached hydrogens (tertiary/aromatic N) is 1. The molecular formula is C23H22ClFN2O4. The number of benzene rings is 3. The number of non-ortho nitro benzene ring substituents is 1. The third-order valence-corrected chi connectivity index (χ3v) is 5.05. The lowest BCUT2D eigenvalue weighted by molar-refractivity contribution is -0.384. The molecule has 0 spiro atoms. The van der Waals surface area contributed by atoms with E-state index in [1.165, 1.54) is 24.3 Å². The Hall–Kier alpha value is -3.16. The van der Waals surface area contributed by atoms with E-state index >= 15 is 0 Å². The minimum atomic E-state index is -0.445. The first-order chi connectivity index (χ1) is 15.0. The van der Waals surface area contributed by atoms with E-state index in [9.17, 15) is 14.5 Å². The first kappa shape index (κ1) is 22.5. The van der Waals surface area contributed by atoms with Crippen molar-refractivity contribution in [3.05, 3.63) is 98.3 Å². The minimum Gasteiger partial charge on any atom is -0.493 e. The normalized spacial score (nSPS) is 10.7. The molecule has 0 saturated heterocycles. The first-order valence-electron chi connectivity index (χ1n) is 9.64. The third-order valence-electron chi connectivity index (χ3n) is 4.69. The monoisotopic (exact) mass is 444 g/mol. The lowest BCUT2D eigenvalue weighted by Gasteiger charge is -2.14. The van der Waals surface area contributed by atoms with Crippen LogP contribution in [-0.4, -0.2) is 18.6 Å². The molecule has 0 aliphatic rings. The van der Waals surface area contributed by atoms with Gasteiger partial charge in [-0.25, -0.2) is 4.39 Å². The quantitative estimate of drug-likeness (QED) is 0.261. The van der Waals surface area contributed by atoms with Gasteiger partial charge in [-0.1, -0.05) is 23.7 Å². The number of hydrogen-bond donors (Lipinski definition) is 1. The topological polar surface area (TPSA) is 73.6 Å². The van der Waals surface area contributed by atoms with E-state index in [0.717, 1.165) is 23.1 Å². The summed E-state index contributed by atoms with van der Waals surface area (Å²) in [6.07, 6.45) is 0.769. The van der Waals surface area contributed by atoms with Gasteiger partial charge in [0.05, 0.1) is 12.0 Å². The molecule has 0 radical (unpaired) electrons. The van der Waals surface area contributed by atoms with Crippen LogP contribution in [-0.2, 0) is 19.6 Å². The van der Waals surface area contributed by atoms with Gasteiger partial charge in [0.25, 0.3) is 5.69 Å². The average Bonchev–Trinajstić information content (AvgIpc) is 2.77. The second-order valence-corrected chi connectivity index (χ2v) is 7.27. The van der Waals surface area contributed by atoms with E-state index in [-0.39, 0.29) is 18.1 Å². The summed E-state index contributed by atoms with van der Waals surface area (Å²) < 4.78 is 24.2. The highest BCUT2D eigenvalue weighted by atomic mass is 35.5. The zero-order chi connectivity index (χ0) is 22.2. The molecule has 0 aliphatic carbocycles. The van der Waals surface area contributed by atoms with Gasteiger partial charge in [0.15, 0.2) is 11.5 Å². The lowest BCUT2D eigenvalue weighted by Crippen LogP contribution is -2.17.